The van der Waals surface area contributed by atoms with Crippen molar-refractivity contribution in [2.24, 2.45) is 4.99 Å². The van der Waals surface area contributed by atoms with Crippen LogP contribution in [0.5, 0.6) is 0 Å². The van der Waals surface area contributed by atoms with E-state index in [-0.39, 0.29) is 6.42 Å². The van der Waals surface area contributed by atoms with Crippen LogP contribution in [-0.4, -0.2) is 18.3 Å². The molecule has 0 atom stereocenters. The predicted octanol–water partition coefficient (Wildman–Crippen LogP) is 1.87. The van der Waals surface area contributed by atoms with Gasteiger partial charge in [-0.15, -0.1) is 0 Å². The maximum atomic E-state index is 12.0. The highest BCUT2D eigenvalue weighted by atomic mass is 19.4. The lowest BCUT2D eigenvalue weighted by Gasteiger charge is -2.05. The summed E-state index contributed by atoms with van der Waals surface area (Å²) in [6.45, 7) is 0. The smallest absolute Gasteiger partial charge is 0.267 e. The molecule has 0 spiro atoms. The summed E-state index contributed by atoms with van der Waals surface area (Å²) in [4.78, 5) is 13.8. The van der Waals surface area contributed by atoms with Crippen LogP contribution in [0.15, 0.2) is 16.6 Å². The van der Waals surface area contributed by atoms with Crippen LogP contribution in [0.2, 0.25) is 0 Å². The van der Waals surface area contributed by atoms with E-state index in [9.17, 15) is 18.0 Å². The third-order valence-electron chi connectivity index (χ3n) is 1.39. The zero-order valence-corrected chi connectivity index (χ0v) is 6.06. The molecule has 1 heterocycles. The number of rotatable bonds is 0. The molecule has 5 heteroatoms. The van der Waals surface area contributed by atoms with Gasteiger partial charge in [-0.1, -0.05) is 6.08 Å². The molecule has 1 rings (SSSR count). The van der Waals surface area contributed by atoms with E-state index in [1.165, 1.54) is 6.21 Å². The van der Waals surface area contributed by atoms with Crippen LogP contribution < -0.4 is 0 Å². The van der Waals surface area contributed by atoms with E-state index in [1.807, 2.05) is 0 Å². The van der Waals surface area contributed by atoms with E-state index < -0.39 is 17.7 Å². The number of hydrogen-bond donors (Lipinski definition) is 0. The van der Waals surface area contributed by atoms with Crippen LogP contribution in [0.4, 0.5) is 13.2 Å². The fourth-order valence-corrected chi connectivity index (χ4v) is 0.843. The number of halogens is 3. The molecule has 0 aromatic rings. The third kappa shape index (κ3) is 1.93. The summed E-state index contributed by atoms with van der Waals surface area (Å²) in [6.07, 6.45) is -1.89. The number of alkyl halides is 3. The molecule has 66 valence electrons. The molecule has 1 amide bonds. The lowest BCUT2D eigenvalue weighted by atomic mass is 10.2. The Balaban J connectivity index is 2.94. The summed E-state index contributed by atoms with van der Waals surface area (Å²) in [5, 5.41) is 0. The van der Waals surface area contributed by atoms with Crippen LogP contribution in [-0.2, 0) is 4.79 Å². The molecule has 0 aromatic carbocycles. The molecule has 1 aliphatic rings. The molecule has 0 bridgehead atoms. The van der Waals surface area contributed by atoms with Gasteiger partial charge in [0.25, 0.3) is 5.91 Å². The number of aliphatic imine (C=N–C) groups is 1. The molecule has 0 saturated heterocycles. The van der Waals surface area contributed by atoms with Crippen molar-refractivity contribution in [1.29, 1.82) is 0 Å². The second-order valence-electron chi connectivity index (χ2n) is 2.31. The molecular formula is C7H6F3NO. The first-order chi connectivity index (χ1) is 5.52. The van der Waals surface area contributed by atoms with Crippen molar-refractivity contribution in [2.75, 3.05) is 0 Å². The summed E-state index contributed by atoms with van der Waals surface area (Å²) >= 11 is 0. The molecule has 0 aromatic heterocycles. The minimum atomic E-state index is -4.57. The van der Waals surface area contributed by atoms with Crippen molar-refractivity contribution in [3.8, 4) is 0 Å². The second kappa shape index (κ2) is 3.08. The Morgan fingerprint density at radius 1 is 1.33 bits per heavy atom. The summed E-state index contributed by atoms with van der Waals surface area (Å²) in [6, 6.07) is 0. The van der Waals surface area contributed by atoms with Crippen LogP contribution in [0.3, 0.4) is 0 Å². The molecule has 0 unspecified atom stereocenters. The van der Waals surface area contributed by atoms with E-state index in [2.05, 4.69) is 4.99 Å². The first-order valence-electron chi connectivity index (χ1n) is 3.36. The average molecular weight is 177 g/mol. The number of hydrogen-bond acceptors (Lipinski definition) is 1. The van der Waals surface area contributed by atoms with Crippen molar-refractivity contribution >= 4 is 12.1 Å². The normalized spacial score (nSPS) is 18.9. The number of carbonyl (C=O) groups excluding carboxylic acids is 1. The molecular weight excluding hydrogens is 171 g/mol. The predicted molar refractivity (Wildman–Crippen MR) is 36.9 cm³/mol. The van der Waals surface area contributed by atoms with Gasteiger partial charge in [-0.3, -0.25) is 4.79 Å². The van der Waals surface area contributed by atoms with Gasteiger partial charge in [0.15, 0.2) is 0 Å². The highest BCUT2D eigenvalue weighted by molar-refractivity contribution is 6.00. The number of amides is 1. The molecule has 0 radical (unpaired) electrons. The number of nitrogens with zero attached hydrogens (tertiary/aromatic N) is 1. The Bertz CT molecular complexity index is 252. The van der Waals surface area contributed by atoms with E-state index in [0.29, 0.717) is 6.42 Å². The van der Waals surface area contributed by atoms with Crippen LogP contribution in [0.1, 0.15) is 12.8 Å². The number of carbonyl (C=O) groups is 1. The minimum Gasteiger partial charge on any atom is -0.267 e. The van der Waals surface area contributed by atoms with Gasteiger partial charge in [0, 0.05) is 6.21 Å². The Hall–Kier alpha value is -1.13. The standard InChI is InChI=1S/C7H6F3NO/c8-7(9,10)5-3-1-2-4-11-6(5)12/h3-4H,1-2H2. The zero-order chi connectivity index (χ0) is 9.19. The van der Waals surface area contributed by atoms with Crippen molar-refractivity contribution in [3.05, 3.63) is 11.6 Å². The minimum absolute atomic E-state index is 0.212. The molecule has 0 saturated carbocycles. The monoisotopic (exact) mass is 177 g/mol. The van der Waals surface area contributed by atoms with Crippen LogP contribution in [0, 0.1) is 0 Å². The summed E-state index contributed by atoms with van der Waals surface area (Å²) in [5.74, 6) is -1.19. The van der Waals surface area contributed by atoms with Gasteiger partial charge in [-0.2, -0.15) is 13.2 Å². The maximum Gasteiger partial charge on any atom is 0.421 e. The Morgan fingerprint density at radius 2 is 2.00 bits per heavy atom. The Kier molecular flexibility index (Phi) is 2.30. The fourth-order valence-electron chi connectivity index (χ4n) is 0.843. The van der Waals surface area contributed by atoms with E-state index in [4.69, 9.17) is 0 Å². The van der Waals surface area contributed by atoms with Gasteiger partial charge in [-0.05, 0) is 12.8 Å². The van der Waals surface area contributed by atoms with Gasteiger partial charge < -0.3 is 0 Å². The number of allylic oxidation sites excluding steroid dienone is 1. The molecule has 0 N–H and O–H groups in total. The molecule has 0 aliphatic carbocycles. The van der Waals surface area contributed by atoms with Gasteiger partial charge in [0.1, 0.15) is 5.57 Å². The lowest BCUT2D eigenvalue weighted by molar-refractivity contribution is -0.127. The van der Waals surface area contributed by atoms with E-state index in [0.717, 1.165) is 6.08 Å². The summed E-state index contributed by atoms with van der Waals surface area (Å²) in [5.41, 5.74) is -1.16. The largest absolute Gasteiger partial charge is 0.421 e. The SMILES string of the molecule is O=C1N=CCCC=C1C(F)(F)F. The van der Waals surface area contributed by atoms with Gasteiger partial charge in [0.05, 0.1) is 0 Å². The Morgan fingerprint density at radius 3 is 2.58 bits per heavy atom. The highest BCUT2D eigenvalue weighted by Gasteiger charge is 2.38. The second-order valence-corrected chi connectivity index (χ2v) is 2.31. The summed E-state index contributed by atoms with van der Waals surface area (Å²) < 4.78 is 36.0. The van der Waals surface area contributed by atoms with Gasteiger partial charge in [-0.25, -0.2) is 4.99 Å². The molecule has 2 nitrogen and oxygen atoms in total. The third-order valence-corrected chi connectivity index (χ3v) is 1.39. The van der Waals surface area contributed by atoms with Gasteiger partial charge in [0.2, 0.25) is 0 Å². The highest BCUT2D eigenvalue weighted by Crippen LogP contribution is 2.27. The Labute approximate surface area is 66.8 Å². The maximum absolute atomic E-state index is 12.0. The molecule has 1 aliphatic heterocycles. The quantitative estimate of drug-likeness (QED) is 0.555. The van der Waals surface area contributed by atoms with E-state index >= 15 is 0 Å². The first kappa shape index (κ1) is 8.96. The van der Waals surface area contributed by atoms with Crippen LogP contribution in [0.25, 0.3) is 0 Å². The lowest BCUT2D eigenvalue weighted by Crippen LogP contribution is -2.18. The molecule has 12 heavy (non-hydrogen) atoms. The van der Waals surface area contributed by atoms with E-state index in [1.54, 1.807) is 0 Å². The zero-order valence-electron chi connectivity index (χ0n) is 6.06. The first-order valence-corrected chi connectivity index (χ1v) is 3.36. The average Bonchev–Trinajstić information content (AvgIpc) is 2.11. The van der Waals surface area contributed by atoms with Crippen molar-refractivity contribution in [2.45, 2.75) is 19.0 Å². The van der Waals surface area contributed by atoms with Crippen molar-refractivity contribution < 1.29 is 18.0 Å². The van der Waals surface area contributed by atoms with Crippen LogP contribution >= 0.6 is 0 Å². The van der Waals surface area contributed by atoms with Crippen molar-refractivity contribution in [1.82, 2.24) is 0 Å². The van der Waals surface area contributed by atoms with Crippen molar-refractivity contribution in [3.63, 3.8) is 0 Å². The summed E-state index contributed by atoms with van der Waals surface area (Å²) in [7, 11) is 0. The fraction of sp³-hybridized carbons (Fsp3) is 0.429. The van der Waals surface area contributed by atoms with Gasteiger partial charge >= 0.3 is 6.18 Å². The molecule has 0 fully saturated rings. The topological polar surface area (TPSA) is 29.4 Å².